The van der Waals surface area contributed by atoms with E-state index in [2.05, 4.69) is 43.0 Å². The van der Waals surface area contributed by atoms with Gasteiger partial charge in [0.15, 0.2) is 0 Å². The van der Waals surface area contributed by atoms with Crippen molar-refractivity contribution in [2.24, 2.45) is 0 Å². The molecule has 0 saturated heterocycles. The van der Waals surface area contributed by atoms with Crippen molar-refractivity contribution in [1.29, 1.82) is 0 Å². The first-order chi connectivity index (χ1) is 7.57. The highest BCUT2D eigenvalue weighted by atomic mass is 15.0. The highest BCUT2D eigenvalue weighted by molar-refractivity contribution is 5.46. The SMILES string of the molecule is CCCNc1nc(C2(C)CC2)nc(C)c1C. The molecule has 88 valence electrons. The Morgan fingerprint density at radius 3 is 2.50 bits per heavy atom. The molecule has 2 rings (SSSR count). The van der Waals surface area contributed by atoms with E-state index in [0.717, 1.165) is 30.3 Å². The van der Waals surface area contributed by atoms with E-state index in [4.69, 9.17) is 0 Å². The number of nitrogens with zero attached hydrogens (tertiary/aromatic N) is 2. The lowest BCUT2D eigenvalue weighted by Crippen LogP contribution is -2.13. The molecule has 0 bridgehead atoms. The summed E-state index contributed by atoms with van der Waals surface area (Å²) in [6.07, 6.45) is 3.57. The fourth-order valence-corrected chi connectivity index (χ4v) is 1.73. The molecule has 1 N–H and O–H groups in total. The van der Waals surface area contributed by atoms with Gasteiger partial charge in [-0.1, -0.05) is 13.8 Å². The lowest BCUT2D eigenvalue weighted by molar-refractivity contribution is 0.701. The average molecular weight is 219 g/mol. The second-order valence-corrected chi connectivity index (χ2v) is 5.09. The summed E-state index contributed by atoms with van der Waals surface area (Å²) in [6.45, 7) is 9.56. The summed E-state index contributed by atoms with van der Waals surface area (Å²) >= 11 is 0. The lowest BCUT2D eigenvalue weighted by atomic mass is 10.1. The molecule has 0 spiro atoms. The molecule has 0 unspecified atom stereocenters. The summed E-state index contributed by atoms with van der Waals surface area (Å²) in [5, 5.41) is 3.39. The maximum absolute atomic E-state index is 4.68. The molecule has 1 aliphatic rings. The molecule has 0 amide bonds. The van der Waals surface area contributed by atoms with Gasteiger partial charge in [0, 0.05) is 23.2 Å². The number of aryl methyl sites for hydroxylation is 1. The smallest absolute Gasteiger partial charge is 0.136 e. The van der Waals surface area contributed by atoms with E-state index in [1.165, 1.54) is 18.4 Å². The summed E-state index contributed by atoms with van der Waals surface area (Å²) < 4.78 is 0. The van der Waals surface area contributed by atoms with Gasteiger partial charge in [-0.2, -0.15) is 0 Å². The van der Waals surface area contributed by atoms with Gasteiger partial charge < -0.3 is 5.32 Å². The topological polar surface area (TPSA) is 37.8 Å². The van der Waals surface area contributed by atoms with Crippen LogP contribution in [-0.4, -0.2) is 16.5 Å². The van der Waals surface area contributed by atoms with Crippen LogP contribution in [0.3, 0.4) is 0 Å². The average Bonchev–Trinajstić information content (AvgIpc) is 3.00. The largest absolute Gasteiger partial charge is 0.370 e. The minimum Gasteiger partial charge on any atom is -0.370 e. The molecule has 3 nitrogen and oxygen atoms in total. The normalized spacial score (nSPS) is 17.2. The lowest BCUT2D eigenvalue weighted by Gasteiger charge is -2.14. The Morgan fingerprint density at radius 1 is 1.25 bits per heavy atom. The molecule has 3 heteroatoms. The van der Waals surface area contributed by atoms with Crippen LogP contribution < -0.4 is 5.32 Å². The predicted octanol–water partition coefficient (Wildman–Crippen LogP) is 2.97. The molecule has 0 radical (unpaired) electrons. The maximum atomic E-state index is 4.68. The number of anilines is 1. The van der Waals surface area contributed by atoms with Crippen LogP contribution in [0.25, 0.3) is 0 Å². The van der Waals surface area contributed by atoms with Crippen molar-refractivity contribution in [3.05, 3.63) is 17.1 Å². The Bertz CT molecular complexity index is 394. The molecule has 1 fully saturated rings. The second kappa shape index (κ2) is 4.04. The standard InChI is InChI=1S/C13H21N3/c1-5-8-14-11-9(2)10(3)15-12(16-11)13(4)6-7-13/h5-8H2,1-4H3,(H,14,15,16). The van der Waals surface area contributed by atoms with E-state index in [9.17, 15) is 0 Å². The molecule has 1 aliphatic carbocycles. The monoisotopic (exact) mass is 219 g/mol. The van der Waals surface area contributed by atoms with Crippen LogP contribution in [0.4, 0.5) is 5.82 Å². The van der Waals surface area contributed by atoms with Crippen molar-refractivity contribution in [1.82, 2.24) is 9.97 Å². The first kappa shape index (κ1) is 11.4. The molecule has 1 aromatic heterocycles. The molecular weight excluding hydrogens is 198 g/mol. The Kier molecular flexibility index (Phi) is 2.87. The van der Waals surface area contributed by atoms with Crippen LogP contribution in [0.15, 0.2) is 0 Å². The number of aromatic nitrogens is 2. The molecule has 1 aromatic rings. The van der Waals surface area contributed by atoms with Crippen molar-refractivity contribution < 1.29 is 0 Å². The molecule has 0 atom stereocenters. The summed E-state index contributed by atoms with van der Waals surface area (Å²) in [7, 11) is 0. The minimum absolute atomic E-state index is 0.251. The number of hydrogen-bond donors (Lipinski definition) is 1. The molecule has 1 saturated carbocycles. The van der Waals surface area contributed by atoms with Gasteiger partial charge in [0.2, 0.25) is 0 Å². The van der Waals surface area contributed by atoms with Gasteiger partial charge in [0.25, 0.3) is 0 Å². The highest BCUT2D eigenvalue weighted by Crippen LogP contribution is 2.46. The summed E-state index contributed by atoms with van der Waals surface area (Å²) in [4.78, 5) is 9.31. The Morgan fingerprint density at radius 2 is 1.94 bits per heavy atom. The first-order valence-corrected chi connectivity index (χ1v) is 6.16. The molecular formula is C13H21N3. The molecule has 0 aliphatic heterocycles. The first-order valence-electron chi connectivity index (χ1n) is 6.16. The second-order valence-electron chi connectivity index (χ2n) is 5.09. The van der Waals surface area contributed by atoms with Gasteiger partial charge in [0.1, 0.15) is 11.6 Å². The van der Waals surface area contributed by atoms with Gasteiger partial charge in [0.05, 0.1) is 0 Å². The Balaban J connectivity index is 2.31. The zero-order valence-electron chi connectivity index (χ0n) is 10.7. The molecule has 1 heterocycles. The van der Waals surface area contributed by atoms with Crippen LogP contribution in [0.1, 0.15) is 50.2 Å². The van der Waals surface area contributed by atoms with Crippen LogP contribution in [-0.2, 0) is 5.41 Å². The summed E-state index contributed by atoms with van der Waals surface area (Å²) in [6, 6.07) is 0. The third-order valence-electron chi connectivity index (χ3n) is 3.47. The van der Waals surface area contributed by atoms with Gasteiger partial charge in [-0.3, -0.25) is 0 Å². The zero-order valence-corrected chi connectivity index (χ0v) is 10.7. The van der Waals surface area contributed by atoms with E-state index in [1.807, 2.05) is 0 Å². The summed E-state index contributed by atoms with van der Waals surface area (Å²) in [5.74, 6) is 2.05. The van der Waals surface area contributed by atoms with Gasteiger partial charge >= 0.3 is 0 Å². The van der Waals surface area contributed by atoms with Crippen molar-refractivity contribution >= 4 is 5.82 Å². The number of rotatable bonds is 4. The van der Waals surface area contributed by atoms with E-state index in [-0.39, 0.29) is 5.41 Å². The van der Waals surface area contributed by atoms with E-state index >= 15 is 0 Å². The fraction of sp³-hybridized carbons (Fsp3) is 0.692. The zero-order chi connectivity index (χ0) is 11.8. The Hall–Kier alpha value is -1.12. The molecule has 0 aromatic carbocycles. The van der Waals surface area contributed by atoms with Crippen LogP contribution in [0, 0.1) is 13.8 Å². The molecule has 16 heavy (non-hydrogen) atoms. The van der Waals surface area contributed by atoms with Crippen molar-refractivity contribution in [2.75, 3.05) is 11.9 Å². The van der Waals surface area contributed by atoms with Crippen LogP contribution >= 0.6 is 0 Å². The number of nitrogens with one attached hydrogen (secondary N) is 1. The van der Waals surface area contributed by atoms with Crippen LogP contribution in [0.2, 0.25) is 0 Å². The minimum atomic E-state index is 0.251. The van der Waals surface area contributed by atoms with Crippen molar-refractivity contribution in [3.63, 3.8) is 0 Å². The van der Waals surface area contributed by atoms with Crippen LogP contribution in [0.5, 0.6) is 0 Å². The van der Waals surface area contributed by atoms with E-state index < -0.39 is 0 Å². The summed E-state index contributed by atoms with van der Waals surface area (Å²) in [5.41, 5.74) is 2.54. The van der Waals surface area contributed by atoms with Crippen molar-refractivity contribution in [3.8, 4) is 0 Å². The van der Waals surface area contributed by atoms with Gasteiger partial charge in [-0.15, -0.1) is 0 Å². The third kappa shape index (κ3) is 2.04. The van der Waals surface area contributed by atoms with Gasteiger partial charge in [-0.25, -0.2) is 9.97 Å². The maximum Gasteiger partial charge on any atom is 0.136 e. The van der Waals surface area contributed by atoms with E-state index in [0.29, 0.717) is 0 Å². The highest BCUT2D eigenvalue weighted by Gasteiger charge is 2.42. The fourth-order valence-electron chi connectivity index (χ4n) is 1.73. The van der Waals surface area contributed by atoms with E-state index in [1.54, 1.807) is 0 Å². The van der Waals surface area contributed by atoms with Crippen molar-refractivity contribution in [2.45, 2.75) is 52.4 Å². The number of hydrogen-bond acceptors (Lipinski definition) is 3. The third-order valence-corrected chi connectivity index (χ3v) is 3.47. The predicted molar refractivity (Wildman–Crippen MR) is 66.9 cm³/mol. The Labute approximate surface area is 97.7 Å². The quantitative estimate of drug-likeness (QED) is 0.846. The van der Waals surface area contributed by atoms with Gasteiger partial charge in [-0.05, 0) is 33.1 Å².